The lowest BCUT2D eigenvalue weighted by atomic mass is 10.1. The van der Waals surface area contributed by atoms with Gasteiger partial charge in [0.05, 0.1) is 6.54 Å². The molecule has 0 radical (unpaired) electrons. The Hall–Kier alpha value is -3.02. The van der Waals surface area contributed by atoms with Crippen LogP contribution in [0, 0.1) is 0 Å². The number of aryl methyl sites for hydroxylation is 1. The summed E-state index contributed by atoms with van der Waals surface area (Å²) >= 11 is 0. The van der Waals surface area contributed by atoms with E-state index in [0.717, 1.165) is 16.2 Å². The van der Waals surface area contributed by atoms with E-state index < -0.39 is 18.9 Å². The fourth-order valence-electron chi connectivity index (χ4n) is 2.77. The van der Waals surface area contributed by atoms with E-state index >= 15 is 0 Å². The van der Waals surface area contributed by atoms with Gasteiger partial charge in [-0.3, -0.25) is 9.48 Å². The molecule has 0 aliphatic rings. The number of carbonyl (C=O) groups excluding carboxylic acids is 1. The number of nitrogens with zero attached hydrogens (tertiary/aromatic N) is 3. The number of hydrogen-bond acceptors (Lipinski definition) is 2. The van der Waals surface area contributed by atoms with Crippen molar-refractivity contribution in [2.45, 2.75) is 12.8 Å². The molecule has 1 heterocycles. The third-order valence-electron chi connectivity index (χ3n) is 4.06. The largest absolute Gasteiger partial charge is 0.301 e. The van der Waals surface area contributed by atoms with Crippen molar-refractivity contribution in [2.24, 2.45) is 7.05 Å². The van der Waals surface area contributed by atoms with Crippen molar-refractivity contribution in [3.8, 4) is 0 Å². The van der Waals surface area contributed by atoms with Crippen LogP contribution in [0.5, 0.6) is 0 Å². The highest BCUT2D eigenvalue weighted by Crippen LogP contribution is 2.19. The van der Waals surface area contributed by atoms with Crippen molar-refractivity contribution in [1.29, 1.82) is 0 Å². The first-order valence-corrected chi connectivity index (χ1v) is 8.26. The van der Waals surface area contributed by atoms with Gasteiger partial charge in [-0.05, 0) is 23.8 Å². The van der Waals surface area contributed by atoms with Gasteiger partial charge in [0.15, 0.2) is 5.69 Å². The quantitative estimate of drug-likeness (QED) is 0.672. The number of carbonyl (C=O) groups is 1. The molecule has 0 aliphatic heterocycles. The minimum absolute atomic E-state index is 0.155. The summed E-state index contributed by atoms with van der Waals surface area (Å²) in [5.41, 5.74) is 2.50. The SMILES string of the molecule is Cn1nc(C(=O)N(CC(F)F)c2ccccc2)cc1Cc1ccccc1. The van der Waals surface area contributed by atoms with Gasteiger partial charge in [0.25, 0.3) is 12.3 Å². The summed E-state index contributed by atoms with van der Waals surface area (Å²) in [6.45, 7) is -0.673. The Kier molecular flexibility index (Phi) is 5.41. The zero-order valence-corrected chi connectivity index (χ0v) is 14.3. The van der Waals surface area contributed by atoms with Gasteiger partial charge in [0.1, 0.15) is 0 Å². The van der Waals surface area contributed by atoms with Crippen molar-refractivity contribution < 1.29 is 13.6 Å². The van der Waals surface area contributed by atoms with Gasteiger partial charge in [-0.25, -0.2) is 8.78 Å². The zero-order chi connectivity index (χ0) is 18.5. The lowest BCUT2D eigenvalue weighted by molar-refractivity contribution is 0.0940. The van der Waals surface area contributed by atoms with E-state index in [-0.39, 0.29) is 5.69 Å². The van der Waals surface area contributed by atoms with Crippen LogP contribution in [0.3, 0.4) is 0 Å². The molecule has 0 saturated carbocycles. The molecule has 3 aromatic rings. The Bertz CT molecular complexity index is 863. The van der Waals surface area contributed by atoms with Crippen LogP contribution < -0.4 is 4.90 Å². The summed E-state index contributed by atoms with van der Waals surface area (Å²) in [6.07, 6.45) is -2.02. The van der Waals surface area contributed by atoms with Crippen LogP contribution in [-0.4, -0.2) is 28.7 Å². The molecule has 26 heavy (non-hydrogen) atoms. The van der Waals surface area contributed by atoms with Gasteiger partial charge in [-0.15, -0.1) is 0 Å². The molecule has 0 saturated heterocycles. The molecule has 0 atom stereocenters. The minimum atomic E-state index is -2.63. The number of rotatable bonds is 6. The van der Waals surface area contributed by atoms with Gasteiger partial charge < -0.3 is 4.90 Å². The third kappa shape index (κ3) is 4.14. The standard InChI is InChI=1S/C20H19F2N3O/c1-24-17(12-15-8-4-2-5-9-15)13-18(23-24)20(26)25(14-19(21)22)16-10-6-3-7-11-16/h2-11,13,19H,12,14H2,1H3. The molecule has 0 bridgehead atoms. The van der Waals surface area contributed by atoms with Gasteiger partial charge in [0, 0.05) is 24.8 Å². The van der Waals surface area contributed by atoms with E-state index in [2.05, 4.69) is 5.10 Å². The van der Waals surface area contributed by atoms with Crippen LogP contribution in [0.2, 0.25) is 0 Å². The Morgan fingerprint density at radius 1 is 1.08 bits per heavy atom. The number of halogens is 2. The molecule has 1 aromatic heterocycles. The highest BCUT2D eigenvalue weighted by atomic mass is 19.3. The molecule has 2 aromatic carbocycles. The number of alkyl halides is 2. The van der Waals surface area contributed by atoms with E-state index in [1.807, 2.05) is 30.3 Å². The predicted molar refractivity (Wildman–Crippen MR) is 96.6 cm³/mol. The van der Waals surface area contributed by atoms with Crippen molar-refractivity contribution in [1.82, 2.24) is 9.78 Å². The summed E-state index contributed by atoms with van der Waals surface area (Å²) in [4.78, 5) is 13.9. The van der Waals surface area contributed by atoms with Gasteiger partial charge in [-0.2, -0.15) is 5.10 Å². The summed E-state index contributed by atoms with van der Waals surface area (Å²) < 4.78 is 27.6. The van der Waals surface area contributed by atoms with Crippen molar-refractivity contribution in [3.05, 3.63) is 83.7 Å². The molecule has 1 amide bonds. The Morgan fingerprint density at radius 2 is 1.69 bits per heavy atom. The highest BCUT2D eigenvalue weighted by molar-refractivity contribution is 6.04. The number of anilines is 1. The highest BCUT2D eigenvalue weighted by Gasteiger charge is 2.24. The molecule has 0 fully saturated rings. The van der Waals surface area contributed by atoms with Crippen LogP contribution in [-0.2, 0) is 13.5 Å². The molecule has 0 aliphatic carbocycles. The van der Waals surface area contributed by atoms with Crippen LogP contribution in [0.25, 0.3) is 0 Å². The van der Waals surface area contributed by atoms with E-state index in [4.69, 9.17) is 0 Å². The normalized spacial score (nSPS) is 10.9. The van der Waals surface area contributed by atoms with Crippen LogP contribution in [0.15, 0.2) is 66.7 Å². The maximum atomic E-state index is 13.0. The van der Waals surface area contributed by atoms with Crippen molar-refractivity contribution in [3.63, 3.8) is 0 Å². The number of hydrogen-bond donors (Lipinski definition) is 0. The Morgan fingerprint density at radius 3 is 2.31 bits per heavy atom. The number of aromatic nitrogens is 2. The van der Waals surface area contributed by atoms with Crippen LogP contribution in [0.4, 0.5) is 14.5 Å². The third-order valence-corrected chi connectivity index (χ3v) is 4.06. The molecule has 3 rings (SSSR count). The summed E-state index contributed by atoms with van der Waals surface area (Å²) in [6, 6.07) is 19.9. The predicted octanol–water partition coefficient (Wildman–Crippen LogP) is 3.92. The van der Waals surface area contributed by atoms with Crippen molar-refractivity contribution >= 4 is 11.6 Å². The van der Waals surface area contributed by atoms with Crippen LogP contribution >= 0.6 is 0 Å². The molecule has 134 valence electrons. The van der Waals surface area contributed by atoms with E-state index in [0.29, 0.717) is 12.1 Å². The summed E-state index contributed by atoms with van der Waals surface area (Å²) in [7, 11) is 1.75. The smallest absolute Gasteiger partial charge is 0.278 e. The Labute approximate surface area is 150 Å². The maximum Gasteiger partial charge on any atom is 0.278 e. The number of amides is 1. The first-order valence-electron chi connectivity index (χ1n) is 8.26. The average Bonchev–Trinajstić information content (AvgIpc) is 3.01. The molecule has 0 unspecified atom stereocenters. The topological polar surface area (TPSA) is 38.1 Å². The van der Waals surface area contributed by atoms with Crippen molar-refractivity contribution in [2.75, 3.05) is 11.4 Å². The van der Waals surface area contributed by atoms with Crippen LogP contribution in [0.1, 0.15) is 21.7 Å². The van der Waals surface area contributed by atoms with Gasteiger partial charge in [0.2, 0.25) is 0 Å². The fraction of sp³-hybridized carbons (Fsp3) is 0.200. The first kappa shape index (κ1) is 17.8. The molecule has 0 N–H and O–H groups in total. The zero-order valence-electron chi connectivity index (χ0n) is 14.3. The molecule has 4 nitrogen and oxygen atoms in total. The minimum Gasteiger partial charge on any atom is -0.301 e. The number of para-hydroxylation sites is 1. The van der Waals surface area contributed by atoms with Gasteiger partial charge >= 0.3 is 0 Å². The first-order chi connectivity index (χ1) is 12.5. The summed E-state index contributed by atoms with van der Waals surface area (Å²) in [5, 5.41) is 4.24. The maximum absolute atomic E-state index is 13.0. The second-order valence-electron chi connectivity index (χ2n) is 5.95. The summed E-state index contributed by atoms with van der Waals surface area (Å²) in [5.74, 6) is -0.536. The molecule has 6 heteroatoms. The Balaban J connectivity index is 1.87. The second kappa shape index (κ2) is 7.91. The van der Waals surface area contributed by atoms with E-state index in [9.17, 15) is 13.6 Å². The lowest BCUT2D eigenvalue weighted by Crippen LogP contribution is -2.35. The lowest BCUT2D eigenvalue weighted by Gasteiger charge is -2.21. The second-order valence-corrected chi connectivity index (χ2v) is 5.95. The average molecular weight is 355 g/mol. The fourth-order valence-corrected chi connectivity index (χ4v) is 2.77. The molecule has 0 spiro atoms. The number of benzene rings is 2. The molecular formula is C20H19F2N3O. The van der Waals surface area contributed by atoms with E-state index in [1.54, 1.807) is 48.1 Å². The monoisotopic (exact) mass is 355 g/mol. The molecular weight excluding hydrogens is 336 g/mol. The van der Waals surface area contributed by atoms with Gasteiger partial charge in [-0.1, -0.05) is 48.5 Å². The van der Waals surface area contributed by atoms with E-state index in [1.165, 1.54) is 0 Å².